The molecular weight excluding hydrogens is 256 g/mol. The van der Waals surface area contributed by atoms with Crippen molar-refractivity contribution >= 4 is 23.7 Å². The van der Waals surface area contributed by atoms with Gasteiger partial charge in [0.15, 0.2) is 0 Å². The van der Waals surface area contributed by atoms with Crippen LogP contribution < -0.4 is 10.5 Å². The quantitative estimate of drug-likeness (QED) is 0.917. The van der Waals surface area contributed by atoms with Gasteiger partial charge in [-0.2, -0.15) is 0 Å². The van der Waals surface area contributed by atoms with Gasteiger partial charge in [0, 0.05) is 13.1 Å². The molecule has 1 aromatic rings. The maximum absolute atomic E-state index is 5.81. The summed E-state index contributed by atoms with van der Waals surface area (Å²) < 4.78 is 5.33. The van der Waals surface area contributed by atoms with Gasteiger partial charge in [-0.15, -0.1) is 23.7 Å². The molecule has 0 aliphatic carbocycles. The maximum atomic E-state index is 5.81. The number of rotatable bonds is 4. The summed E-state index contributed by atoms with van der Waals surface area (Å²) in [5, 5.41) is 2.09. The van der Waals surface area contributed by atoms with Gasteiger partial charge in [0.2, 0.25) is 0 Å². The number of ether oxygens (including phenoxy) is 1. The molecule has 1 fully saturated rings. The second-order valence-corrected chi connectivity index (χ2v) is 5.89. The molecule has 0 saturated carbocycles. The normalized spacial score (nSPS) is 24.6. The van der Waals surface area contributed by atoms with Crippen LogP contribution in [0.5, 0.6) is 5.75 Å². The second-order valence-electron chi connectivity index (χ2n) is 4.89. The molecule has 0 bridgehead atoms. The zero-order valence-corrected chi connectivity index (χ0v) is 12.1. The van der Waals surface area contributed by atoms with Crippen LogP contribution >= 0.6 is 23.7 Å². The van der Waals surface area contributed by atoms with Gasteiger partial charge >= 0.3 is 0 Å². The molecular formula is C12H21ClN2OS. The molecule has 2 rings (SSSR count). The summed E-state index contributed by atoms with van der Waals surface area (Å²) in [6.45, 7) is 6.31. The summed E-state index contributed by atoms with van der Waals surface area (Å²) in [7, 11) is 1.74. The van der Waals surface area contributed by atoms with Crippen LogP contribution in [0.25, 0.3) is 0 Å². The predicted octanol–water partition coefficient (Wildman–Crippen LogP) is 2.35. The number of methoxy groups -OCH3 is 1. The Balaban J connectivity index is 0.00000144. The smallest absolute Gasteiger partial charge is 0.134 e. The standard InChI is InChI=1S/C12H20N2OS.ClH/c1-12(8-13)4-5-14(9-12)7-11-10(15-2)3-6-16-11;/h3,6H,4-5,7-9,13H2,1-2H3;1H. The van der Waals surface area contributed by atoms with E-state index in [4.69, 9.17) is 10.5 Å². The Kier molecular flexibility index (Phi) is 5.25. The van der Waals surface area contributed by atoms with Gasteiger partial charge in [0.25, 0.3) is 0 Å². The Morgan fingerprint density at radius 3 is 2.94 bits per heavy atom. The summed E-state index contributed by atoms with van der Waals surface area (Å²) in [5.41, 5.74) is 6.12. The molecule has 1 aliphatic rings. The molecule has 2 N–H and O–H groups in total. The first kappa shape index (κ1) is 14.8. The van der Waals surface area contributed by atoms with E-state index in [1.165, 1.54) is 11.3 Å². The third-order valence-corrected chi connectivity index (χ3v) is 4.31. The average molecular weight is 277 g/mol. The van der Waals surface area contributed by atoms with Crippen molar-refractivity contribution in [2.24, 2.45) is 11.1 Å². The molecule has 17 heavy (non-hydrogen) atoms. The minimum Gasteiger partial charge on any atom is -0.496 e. The topological polar surface area (TPSA) is 38.5 Å². The summed E-state index contributed by atoms with van der Waals surface area (Å²) in [6, 6.07) is 2.04. The average Bonchev–Trinajstić information content (AvgIpc) is 2.87. The number of thiophene rings is 1. The summed E-state index contributed by atoms with van der Waals surface area (Å²) >= 11 is 1.77. The molecule has 1 unspecified atom stereocenters. The van der Waals surface area contributed by atoms with E-state index < -0.39 is 0 Å². The summed E-state index contributed by atoms with van der Waals surface area (Å²) in [5.74, 6) is 1.02. The van der Waals surface area contributed by atoms with Gasteiger partial charge in [0.1, 0.15) is 5.75 Å². The largest absolute Gasteiger partial charge is 0.496 e. The van der Waals surface area contributed by atoms with Gasteiger partial charge in [-0.3, -0.25) is 4.90 Å². The van der Waals surface area contributed by atoms with Crippen LogP contribution in [0.2, 0.25) is 0 Å². The fourth-order valence-corrected chi connectivity index (χ4v) is 3.14. The van der Waals surface area contributed by atoms with E-state index in [2.05, 4.69) is 17.2 Å². The van der Waals surface area contributed by atoms with Crippen LogP contribution in [0.1, 0.15) is 18.2 Å². The van der Waals surface area contributed by atoms with E-state index in [1.807, 2.05) is 6.07 Å². The number of nitrogens with two attached hydrogens (primary N) is 1. The van der Waals surface area contributed by atoms with Crippen LogP contribution in [0.3, 0.4) is 0 Å². The molecule has 1 atom stereocenters. The molecule has 0 amide bonds. The van der Waals surface area contributed by atoms with Crippen molar-refractivity contribution in [3.63, 3.8) is 0 Å². The predicted molar refractivity (Wildman–Crippen MR) is 75.2 cm³/mol. The number of hydrogen-bond donors (Lipinski definition) is 1. The summed E-state index contributed by atoms with van der Waals surface area (Å²) in [4.78, 5) is 3.80. The van der Waals surface area contributed by atoms with Crippen molar-refractivity contribution in [3.8, 4) is 5.75 Å². The van der Waals surface area contributed by atoms with Gasteiger partial charge in [-0.1, -0.05) is 6.92 Å². The van der Waals surface area contributed by atoms with Crippen LogP contribution in [0, 0.1) is 5.41 Å². The van der Waals surface area contributed by atoms with Crippen LogP contribution in [0.15, 0.2) is 11.4 Å². The first-order valence-electron chi connectivity index (χ1n) is 5.70. The van der Waals surface area contributed by atoms with Crippen LogP contribution in [-0.2, 0) is 6.54 Å². The Morgan fingerprint density at radius 2 is 2.35 bits per heavy atom. The highest BCUT2D eigenvalue weighted by molar-refractivity contribution is 7.10. The fourth-order valence-electron chi connectivity index (χ4n) is 2.26. The molecule has 1 aliphatic heterocycles. The third kappa shape index (κ3) is 3.35. The van der Waals surface area contributed by atoms with Crippen LogP contribution in [0.4, 0.5) is 0 Å². The van der Waals surface area contributed by atoms with E-state index in [-0.39, 0.29) is 12.4 Å². The Hall–Kier alpha value is -0.290. The van der Waals surface area contributed by atoms with Crippen molar-refractivity contribution in [2.45, 2.75) is 19.9 Å². The monoisotopic (exact) mass is 276 g/mol. The lowest BCUT2D eigenvalue weighted by Gasteiger charge is -2.22. The number of halogens is 1. The fraction of sp³-hybridized carbons (Fsp3) is 0.667. The minimum absolute atomic E-state index is 0. The highest BCUT2D eigenvalue weighted by Crippen LogP contribution is 2.32. The molecule has 0 aromatic carbocycles. The molecule has 98 valence electrons. The SMILES string of the molecule is COc1ccsc1CN1CCC(C)(CN)C1.Cl. The number of hydrogen-bond acceptors (Lipinski definition) is 4. The minimum atomic E-state index is 0. The molecule has 0 spiro atoms. The molecule has 5 heteroatoms. The first-order valence-corrected chi connectivity index (χ1v) is 6.58. The summed E-state index contributed by atoms with van der Waals surface area (Å²) in [6.07, 6.45) is 1.21. The van der Waals surface area contributed by atoms with Gasteiger partial charge in [-0.05, 0) is 36.4 Å². The van der Waals surface area contributed by atoms with Gasteiger partial charge in [0.05, 0.1) is 12.0 Å². The molecule has 1 aromatic heterocycles. The van der Waals surface area contributed by atoms with Crippen molar-refractivity contribution in [1.29, 1.82) is 0 Å². The zero-order valence-electron chi connectivity index (χ0n) is 10.4. The molecule has 0 radical (unpaired) electrons. The van der Waals surface area contributed by atoms with E-state index in [0.717, 1.165) is 31.9 Å². The van der Waals surface area contributed by atoms with E-state index >= 15 is 0 Å². The number of nitrogens with zero attached hydrogens (tertiary/aromatic N) is 1. The lowest BCUT2D eigenvalue weighted by atomic mass is 9.90. The molecule has 3 nitrogen and oxygen atoms in total. The Bertz CT molecular complexity index is 358. The van der Waals surface area contributed by atoms with Gasteiger partial charge < -0.3 is 10.5 Å². The lowest BCUT2D eigenvalue weighted by Crippen LogP contribution is -2.31. The van der Waals surface area contributed by atoms with Crippen molar-refractivity contribution in [3.05, 3.63) is 16.3 Å². The second kappa shape index (κ2) is 6.05. The molecule has 1 saturated heterocycles. The van der Waals surface area contributed by atoms with Crippen LogP contribution in [-0.4, -0.2) is 31.6 Å². The number of likely N-dealkylation sites (tertiary alicyclic amines) is 1. The Labute approximate surface area is 113 Å². The van der Waals surface area contributed by atoms with Crippen molar-refractivity contribution in [2.75, 3.05) is 26.7 Å². The maximum Gasteiger partial charge on any atom is 0.134 e. The van der Waals surface area contributed by atoms with E-state index in [1.54, 1.807) is 18.4 Å². The third-order valence-electron chi connectivity index (χ3n) is 3.42. The highest BCUT2D eigenvalue weighted by Gasteiger charge is 2.32. The van der Waals surface area contributed by atoms with Gasteiger partial charge in [-0.25, -0.2) is 0 Å². The van der Waals surface area contributed by atoms with Crippen molar-refractivity contribution < 1.29 is 4.74 Å². The van der Waals surface area contributed by atoms with E-state index in [0.29, 0.717) is 5.41 Å². The van der Waals surface area contributed by atoms with E-state index in [9.17, 15) is 0 Å². The Morgan fingerprint density at radius 1 is 1.59 bits per heavy atom. The lowest BCUT2D eigenvalue weighted by molar-refractivity contribution is 0.273. The van der Waals surface area contributed by atoms with Crippen molar-refractivity contribution in [1.82, 2.24) is 4.90 Å². The molecule has 2 heterocycles. The first-order chi connectivity index (χ1) is 7.67. The zero-order chi connectivity index (χ0) is 11.6. The highest BCUT2D eigenvalue weighted by atomic mass is 35.5.